The molecule has 0 heterocycles. The normalized spacial score (nSPS) is 19.2. The van der Waals surface area contributed by atoms with Crippen molar-refractivity contribution in [3.05, 3.63) is 76.1 Å². The third-order valence-corrected chi connectivity index (χ3v) is 6.37. The molecule has 3 rings (SSSR count). The van der Waals surface area contributed by atoms with Crippen LogP contribution in [0.15, 0.2) is 43.0 Å². The van der Waals surface area contributed by atoms with E-state index in [0.29, 0.717) is 35.8 Å². The average Bonchev–Trinajstić information content (AvgIpc) is 2.76. The van der Waals surface area contributed by atoms with E-state index >= 15 is 0 Å². The molecule has 34 heavy (non-hydrogen) atoms. The van der Waals surface area contributed by atoms with Gasteiger partial charge in [0.05, 0.1) is 11.1 Å². The number of hydrogen-bond donors (Lipinski definition) is 2. The summed E-state index contributed by atoms with van der Waals surface area (Å²) >= 11 is 6.04. The van der Waals surface area contributed by atoms with Crippen molar-refractivity contribution < 1.29 is 30.7 Å². The van der Waals surface area contributed by atoms with Gasteiger partial charge in [0, 0.05) is 35.4 Å². The minimum Gasteiger partial charge on any atom is -0.385 e. The average molecular weight is 509 g/mol. The monoisotopic (exact) mass is 508 g/mol. The van der Waals surface area contributed by atoms with Crippen LogP contribution < -0.4 is 10.6 Å². The molecule has 0 aromatic heterocycles. The summed E-state index contributed by atoms with van der Waals surface area (Å²) in [7, 11) is 0. The minimum absolute atomic E-state index is 0.00560. The van der Waals surface area contributed by atoms with Crippen LogP contribution in [0.1, 0.15) is 47.9 Å². The van der Waals surface area contributed by atoms with Crippen molar-refractivity contribution >= 4 is 17.3 Å². The fourth-order valence-electron chi connectivity index (χ4n) is 4.02. The molecular weight excluding hydrogens is 485 g/mol. The fourth-order valence-corrected chi connectivity index (χ4v) is 4.25. The largest absolute Gasteiger partial charge is 0.416 e. The molecule has 0 unspecified atom stereocenters. The molecule has 2 nitrogen and oxygen atoms in total. The molecule has 0 saturated heterocycles. The van der Waals surface area contributed by atoms with Crippen molar-refractivity contribution in [2.45, 2.75) is 50.6 Å². The highest BCUT2D eigenvalue weighted by molar-refractivity contribution is 6.31. The second-order valence-electron chi connectivity index (χ2n) is 8.45. The van der Waals surface area contributed by atoms with Gasteiger partial charge in [-0.05, 0) is 67.5 Å². The number of hydrogen-bond acceptors (Lipinski definition) is 2. The quantitative estimate of drug-likeness (QED) is 0.380. The number of benzene rings is 2. The zero-order chi connectivity index (χ0) is 25.1. The van der Waals surface area contributed by atoms with Gasteiger partial charge in [-0.1, -0.05) is 24.2 Å². The number of nitrogens with one attached hydrogen (secondary N) is 2. The first-order chi connectivity index (χ1) is 15.8. The molecule has 0 atom stereocenters. The fraction of sp³-hybridized carbons (Fsp3) is 0.417. The molecule has 0 amide bonds. The Morgan fingerprint density at radius 1 is 0.941 bits per heavy atom. The molecular formula is C24H24ClF7N2. The van der Waals surface area contributed by atoms with E-state index in [-0.39, 0.29) is 35.1 Å². The lowest BCUT2D eigenvalue weighted by molar-refractivity contribution is -0.143. The van der Waals surface area contributed by atoms with Crippen LogP contribution in [-0.4, -0.2) is 12.6 Å². The van der Waals surface area contributed by atoms with Crippen LogP contribution in [0.25, 0.3) is 5.70 Å². The molecule has 0 bridgehead atoms. The molecule has 1 fully saturated rings. The van der Waals surface area contributed by atoms with Crippen molar-refractivity contribution in [1.29, 1.82) is 0 Å². The third kappa shape index (κ3) is 6.88. The molecule has 0 spiro atoms. The molecule has 2 aromatic rings. The Morgan fingerprint density at radius 2 is 1.53 bits per heavy atom. The van der Waals surface area contributed by atoms with Crippen molar-refractivity contribution in [3.63, 3.8) is 0 Å². The van der Waals surface area contributed by atoms with Gasteiger partial charge in [-0.3, -0.25) is 0 Å². The Kier molecular flexibility index (Phi) is 8.18. The number of rotatable bonds is 7. The van der Waals surface area contributed by atoms with Gasteiger partial charge in [0.15, 0.2) is 0 Å². The lowest BCUT2D eigenvalue weighted by atomic mass is 9.85. The highest BCUT2D eigenvalue weighted by Crippen LogP contribution is 2.37. The summed E-state index contributed by atoms with van der Waals surface area (Å²) in [5.41, 5.74) is -2.59. The second-order valence-corrected chi connectivity index (χ2v) is 8.86. The second kappa shape index (κ2) is 10.6. The Morgan fingerprint density at radius 3 is 2.06 bits per heavy atom. The first-order valence-corrected chi connectivity index (χ1v) is 11.1. The van der Waals surface area contributed by atoms with E-state index in [1.54, 1.807) is 6.07 Å². The maximum Gasteiger partial charge on any atom is 0.416 e. The molecule has 10 heteroatoms. The summed E-state index contributed by atoms with van der Waals surface area (Å²) in [5, 5.41) is 6.55. The van der Waals surface area contributed by atoms with E-state index in [4.69, 9.17) is 11.6 Å². The van der Waals surface area contributed by atoms with Gasteiger partial charge in [-0.25, -0.2) is 4.39 Å². The van der Waals surface area contributed by atoms with Crippen LogP contribution in [-0.2, 0) is 18.9 Å². The van der Waals surface area contributed by atoms with Crippen LogP contribution >= 0.6 is 11.6 Å². The van der Waals surface area contributed by atoms with Crippen LogP contribution in [0.5, 0.6) is 0 Å². The Labute approximate surface area is 198 Å². The molecule has 1 saturated carbocycles. The van der Waals surface area contributed by atoms with Crippen LogP contribution in [0.3, 0.4) is 0 Å². The van der Waals surface area contributed by atoms with Gasteiger partial charge in [-0.15, -0.1) is 0 Å². The zero-order valence-corrected chi connectivity index (χ0v) is 18.8. The van der Waals surface area contributed by atoms with Crippen molar-refractivity contribution in [3.8, 4) is 0 Å². The van der Waals surface area contributed by atoms with Crippen molar-refractivity contribution in [2.24, 2.45) is 5.92 Å². The summed E-state index contributed by atoms with van der Waals surface area (Å²) in [6, 6.07) is 6.10. The van der Waals surface area contributed by atoms with Gasteiger partial charge in [0.2, 0.25) is 0 Å². The highest BCUT2D eigenvalue weighted by atomic mass is 35.5. The summed E-state index contributed by atoms with van der Waals surface area (Å²) in [6.07, 6.45) is -6.64. The summed E-state index contributed by atoms with van der Waals surface area (Å²) < 4.78 is 92.4. The van der Waals surface area contributed by atoms with Gasteiger partial charge in [-0.2, -0.15) is 26.3 Å². The van der Waals surface area contributed by atoms with E-state index in [9.17, 15) is 30.7 Å². The number of alkyl halides is 6. The number of halogens is 8. The smallest absolute Gasteiger partial charge is 0.385 e. The molecule has 0 aliphatic heterocycles. The van der Waals surface area contributed by atoms with E-state index < -0.39 is 23.5 Å². The lowest BCUT2D eigenvalue weighted by Gasteiger charge is -2.30. The van der Waals surface area contributed by atoms with Gasteiger partial charge in [0.25, 0.3) is 0 Å². The molecule has 1 aliphatic rings. The van der Waals surface area contributed by atoms with E-state index in [1.807, 2.05) is 0 Å². The summed E-state index contributed by atoms with van der Waals surface area (Å²) in [5.74, 6) is -0.195. The highest BCUT2D eigenvalue weighted by Gasteiger charge is 2.37. The first-order valence-electron chi connectivity index (χ1n) is 10.7. The molecule has 2 N–H and O–H groups in total. The maximum atomic E-state index is 13.9. The van der Waals surface area contributed by atoms with Crippen LogP contribution in [0.2, 0.25) is 5.02 Å². The summed E-state index contributed by atoms with van der Waals surface area (Å²) in [4.78, 5) is 0. The summed E-state index contributed by atoms with van der Waals surface area (Å²) in [6.45, 7) is 4.32. The van der Waals surface area contributed by atoms with Gasteiger partial charge >= 0.3 is 12.4 Å². The SMILES string of the molecule is C=C(NCC1CCC(NCc2c(F)cccc2Cl)CC1)c1cc(C(F)(F)F)cc(C(F)(F)F)c1. The predicted octanol–water partition coefficient (Wildman–Crippen LogP) is 7.43. The van der Waals surface area contributed by atoms with Crippen molar-refractivity contribution in [2.75, 3.05) is 6.54 Å². The molecule has 186 valence electrons. The third-order valence-electron chi connectivity index (χ3n) is 6.02. The topological polar surface area (TPSA) is 24.1 Å². The zero-order valence-electron chi connectivity index (χ0n) is 18.1. The Bertz CT molecular complexity index is 957. The van der Waals surface area contributed by atoms with Crippen molar-refractivity contribution in [1.82, 2.24) is 10.6 Å². The maximum absolute atomic E-state index is 13.9. The van der Waals surface area contributed by atoms with E-state index in [0.717, 1.165) is 25.7 Å². The van der Waals surface area contributed by atoms with E-state index in [1.165, 1.54) is 12.1 Å². The predicted molar refractivity (Wildman–Crippen MR) is 117 cm³/mol. The van der Waals surface area contributed by atoms with Crippen LogP contribution in [0.4, 0.5) is 30.7 Å². The van der Waals surface area contributed by atoms with Gasteiger partial charge in [0.1, 0.15) is 5.82 Å². The van der Waals surface area contributed by atoms with E-state index in [2.05, 4.69) is 17.2 Å². The molecule has 0 radical (unpaired) electrons. The standard InChI is InChI=1S/C24H24ClF7N2/c1-14(16-9-17(23(27,28)29)11-18(10-16)24(30,31)32)33-12-15-5-7-19(8-6-15)34-13-20-21(25)3-2-4-22(20)26/h2-4,9-11,15,19,33-34H,1,5-8,12-13H2. The Balaban J connectivity index is 1.53. The lowest BCUT2D eigenvalue weighted by Crippen LogP contribution is -2.35. The Hall–Kier alpha value is -2.26. The molecule has 1 aliphatic carbocycles. The van der Waals surface area contributed by atoms with Gasteiger partial charge < -0.3 is 10.6 Å². The van der Waals surface area contributed by atoms with Crippen LogP contribution in [0, 0.1) is 11.7 Å². The minimum atomic E-state index is -4.91. The molecule has 2 aromatic carbocycles. The first kappa shape index (κ1) is 26.3.